The van der Waals surface area contributed by atoms with Gasteiger partial charge in [0.15, 0.2) is 5.75 Å². The predicted octanol–water partition coefficient (Wildman–Crippen LogP) is 3.79. The number of nitrogen functional groups attached to an aromatic ring is 1. The van der Waals surface area contributed by atoms with Gasteiger partial charge in [0, 0.05) is 5.69 Å². The molecule has 2 N–H and O–H groups in total. The molecule has 0 aliphatic carbocycles. The summed E-state index contributed by atoms with van der Waals surface area (Å²) in [6.45, 7) is 5.93. The molecule has 2 rings (SSSR count). The third-order valence-corrected chi connectivity index (χ3v) is 3.82. The van der Waals surface area contributed by atoms with Gasteiger partial charge in [0.05, 0.1) is 22.1 Å². The van der Waals surface area contributed by atoms with Crippen LogP contribution < -0.4 is 10.5 Å². The van der Waals surface area contributed by atoms with E-state index in [-0.39, 0.29) is 0 Å². The topological polar surface area (TPSA) is 61.0 Å². The van der Waals surface area contributed by atoms with Crippen molar-refractivity contribution < 1.29 is 4.74 Å². The lowest BCUT2D eigenvalue weighted by molar-refractivity contribution is 0.450. The zero-order valence-corrected chi connectivity index (χ0v) is 12.8. The molecule has 0 radical (unpaired) electrons. The number of hydrogen-bond acceptors (Lipinski definition) is 4. The van der Waals surface area contributed by atoms with Crippen molar-refractivity contribution in [1.29, 1.82) is 0 Å². The van der Waals surface area contributed by atoms with Crippen LogP contribution in [0.25, 0.3) is 0 Å². The molecule has 5 heteroatoms. The lowest BCUT2D eigenvalue weighted by Crippen LogP contribution is -1.99. The fourth-order valence-electron chi connectivity index (χ4n) is 1.69. The van der Waals surface area contributed by atoms with Crippen LogP contribution in [0.2, 0.25) is 0 Å². The molecule has 0 amide bonds. The summed E-state index contributed by atoms with van der Waals surface area (Å²) in [5.74, 6) is 1.23. The molecule has 0 unspecified atom stereocenters. The van der Waals surface area contributed by atoms with E-state index in [0.717, 1.165) is 33.6 Å². The summed E-state index contributed by atoms with van der Waals surface area (Å²) in [5.41, 5.74) is 9.25. The minimum Gasteiger partial charge on any atom is -0.436 e. The molecule has 2 heterocycles. The van der Waals surface area contributed by atoms with Crippen LogP contribution in [0, 0.1) is 13.8 Å². The van der Waals surface area contributed by atoms with Crippen molar-refractivity contribution >= 4 is 21.6 Å². The van der Waals surface area contributed by atoms with Crippen molar-refractivity contribution in [3.8, 4) is 11.6 Å². The Labute approximate surface area is 121 Å². The van der Waals surface area contributed by atoms with E-state index in [1.54, 1.807) is 6.20 Å². The Morgan fingerprint density at radius 2 is 2.05 bits per heavy atom. The fraction of sp³-hybridized carbons (Fsp3) is 0.286. The van der Waals surface area contributed by atoms with E-state index in [9.17, 15) is 0 Å². The largest absolute Gasteiger partial charge is 0.436 e. The SMILES string of the molecule is CCc1nc(C)ccc1Oc1ncc(N)c(C)c1Br. The summed E-state index contributed by atoms with van der Waals surface area (Å²) < 4.78 is 6.62. The number of pyridine rings is 2. The summed E-state index contributed by atoms with van der Waals surface area (Å²) >= 11 is 3.46. The van der Waals surface area contributed by atoms with Crippen LogP contribution >= 0.6 is 15.9 Å². The van der Waals surface area contributed by atoms with Crippen LogP contribution in [-0.4, -0.2) is 9.97 Å². The van der Waals surface area contributed by atoms with E-state index in [1.165, 1.54) is 0 Å². The fourth-order valence-corrected chi connectivity index (χ4v) is 2.10. The minimum absolute atomic E-state index is 0.507. The average molecular weight is 322 g/mol. The van der Waals surface area contributed by atoms with Crippen LogP contribution in [-0.2, 0) is 6.42 Å². The van der Waals surface area contributed by atoms with Crippen molar-refractivity contribution in [1.82, 2.24) is 9.97 Å². The third-order valence-electron chi connectivity index (χ3n) is 2.88. The van der Waals surface area contributed by atoms with Crippen molar-refractivity contribution in [3.63, 3.8) is 0 Å². The molecule has 0 saturated carbocycles. The van der Waals surface area contributed by atoms with Crippen LogP contribution in [0.3, 0.4) is 0 Å². The maximum Gasteiger partial charge on any atom is 0.234 e. The highest BCUT2D eigenvalue weighted by atomic mass is 79.9. The van der Waals surface area contributed by atoms with Crippen LogP contribution in [0.1, 0.15) is 23.9 Å². The Hall–Kier alpha value is -1.62. The van der Waals surface area contributed by atoms with Gasteiger partial charge in [-0.3, -0.25) is 4.98 Å². The van der Waals surface area contributed by atoms with Gasteiger partial charge in [-0.2, -0.15) is 0 Å². The summed E-state index contributed by atoms with van der Waals surface area (Å²) in [6, 6.07) is 3.84. The molecule has 0 spiro atoms. The third kappa shape index (κ3) is 2.87. The molecule has 0 aliphatic rings. The Morgan fingerprint density at radius 3 is 2.74 bits per heavy atom. The molecule has 100 valence electrons. The molecule has 0 fully saturated rings. The Bertz CT molecular complexity index is 614. The molecule has 0 aromatic carbocycles. The quantitative estimate of drug-likeness (QED) is 0.934. The monoisotopic (exact) mass is 321 g/mol. The zero-order valence-electron chi connectivity index (χ0n) is 11.2. The van der Waals surface area contributed by atoms with E-state index in [2.05, 4.69) is 25.9 Å². The predicted molar refractivity (Wildman–Crippen MR) is 79.5 cm³/mol. The first-order valence-corrected chi connectivity index (χ1v) is 6.87. The second-order valence-electron chi connectivity index (χ2n) is 4.31. The Balaban J connectivity index is 2.39. The summed E-state index contributed by atoms with van der Waals surface area (Å²) in [6.07, 6.45) is 2.41. The van der Waals surface area contributed by atoms with Gasteiger partial charge in [-0.05, 0) is 53.9 Å². The van der Waals surface area contributed by atoms with Gasteiger partial charge in [-0.15, -0.1) is 0 Å². The van der Waals surface area contributed by atoms with Gasteiger partial charge in [0.1, 0.15) is 0 Å². The van der Waals surface area contributed by atoms with E-state index < -0.39 is 0 Å². The van der Waals surface area contributed by atoms with E-state index in [1.807, 2.05) is 32.9 Å². The highest BCUT2D eigenvalue weighted by Gasteiger charge is 2.12. The maximum atomic E-state index is 5.85. The van der Waals surface area contributed by atoms with Gasteiger partial charge >= 0.3 is 0 Å². The maximum absolute atomic E-state index is 5.85. The summed E-state index contributed by atoms with van der Waals surface area (Å²) in [4.78, 5) is 8.67. The molecule has 0 bridgehead atoms. The highest BCUT2D eigenvalue weighted by Crippen LogP contribution is 2.33. The zero-order chi connectivity index (χ0) is 14.0. The first kappa shape index (κ1) is 13.8. The second kappa shape index (κ2) is 5.57. The van der Waals surface area contributed by atoms with Gasteiger partial charge in [0.2, 0.25) is 5.88 Å². The van der Waals surface area contributed by atoms with Gasteiger partial charge < -0.3 is 10.5 Å². The number of halogens is 1. The van der Waals surface area contributed by atoms with Gasteiger partial charge in [0.25, 0.3) is 0 Å². The molecule has 0 aliphatic heterocycles. The first-order chi connectivity index (χ1) is 9.02. The molecule has 2 aromatic heterocycles. The molecule has 0 atom stereocenters. The van der Waals surface area contributed by atoms with E-state index >= 15 is 0 Å². The van der Waals surface area contributed by atoms with Crippen LogP contribution in [0.15, 0.2) is 22.8 Å². The summed E-state index contributed by atoms with van der Waals surface area (Å²) in [5, 5.41) is 0. The van der Waals surface area contributed by atoms with Crippen LogP contribution in [0.5, 0.6) is 11.6 Å². The van der Waals surface area contributed by atoms with E-state index in [0.29, 0.717) is 11.6 Å². The van der Waals surface area contributed by atoms with Crippen molar-refractivity contribution in [2.75, 3.05) is 5.73 Å². The number of anilines is 1. The van der Waals surface area contributed by atoms with Gasteiger partial charge in [-0.25, -0.2) is 4.98 Å². The molecule has 19 heavy (non-hydrogen) atoms. The number of nitrogens with two attached hydrogens (primary N) is 1. The number of nitrogens with zero attached hydrogens (tertiary/aromatic N) is 2. The Kier molecular flexibility index (Phi) is 4.04. The van der Waals surface area contributed by atoms with E-state index in [4.69, 9.17) is 10.5 Å². The second-order valence-corrected chi connectivity index (χ2v) is 5.10. The van der Waals surface area contributed by atoms with Crippen LogP contribution in [0.4, 0.5) is 5.69 Å². The molecule has 0 saturated heterocycles. The normalized spacial score (nSPS) is 10.5. The standard InChI is InChI=1S/C14H16BrN3O/c1-4-11-12(6-5-8(2)18-11)19-14-13(15)9(3)10(16)7-17-14/h5-7H,4,16H2,1-3H3. The molecular formula is C14H16BrN3O. The Morgan fingerprint density at radius 1 is 1.32 bits per heavy atom. The smallest absolute Gasteiger partial charge is 0.234 e. The number of aryl methyl sites for hydroxylation is 2. The number of aromatic nitrogens is 2. The van der Waals surface area contributed by atoms with Gasteiger partial charge in [-0.1, -0.05) is 6.92 Å². The minimum atomic E-state index is 0.507. The number of rotatable bonds is 3. The highest BCUT2D eigenvalue weighted by molar-refractivity contribution is 9.10. The summed E-state index contributed by atoms with van der Waals surface area (Å²) in [7, 11) is 0. The lowest BCUT2D eigenvalue weighted by atomic mass is 10.2. The van der Waals surface area contributed by atoms with Crippen molar-refractivity contribution in [2.24, 2.45) is 0 Å². The molecule has 2 aromatic rings. The molecular weight excluding hydrogens is 306 g/mol. The number of ether oxygens (including phenoxy) is 1. The van der Waals surface area contributed by atoms with Crippen molar-refractivity contribution in [2.45, 2.75) is 27.2 Å². The first-order valence-electron chi connectivity index (χ1n) is 6.07. The lowest BCUT2D eigenvalue weighted by Gasteiger charge is -2.12. The van der Waals surface area contributed by atoms with Crippen molar-refractivity contribution in [3.05, 3.63) is 39.8 Å². The molecule has 4 nitrogen and oxygen atoms in total. The average Bonchev–Trinajstić information content (AvgIpc) is 2.41. The number of hydrogen-bond donors (Lipinski definition) is 1.